The number of hydrogen-bond acceptors (Lipinski definition) is 5. The first-order valence-electron chi connectivity index (χ1n) is 9.25. The van der Waals surface area contributed by atoms with E-state index in [-0.39, 0.29) is 34.3 Å². The number of nitrogens with zero attached hydrogens (tertiary/aromatic N) is 2. The summed E-state index contributed by atoms with van der Waals surface area (Å²) in [6.07, 6.45) is 4.21. The highest BCUT2D eigenvalue weighted by Crippen LogP contribution is 2.34. The number of halogens is 1. The van der Waals surface area contributed by atoms with Crippen molar-refractivity contribution < 1.29 is 16.8 Å². The largest absolute Gasteiger partial charge is 0.315 e. The quantitative estimate of drug-likeness (QED) is 0.772. The van der Waals surface area contributed by atoms with Crippen LogP contribution >= 0.6 is 12.4 Å². The molecule has 3 saturated heterocycles. The molecule has 0 saturated carbocycles. The molecule has 1 aromatic carbocycles. The number of fused-ring (bicyclic) bond motifs is 2. The van der Waals surface area contributed by atoms with Crippen LogP contribution in [0.5, 0.6) is 0 Å². The molecule has 4 rings (SSSR count). The van der Waals surface area contributed by atoms with Gasteiger partial charge in [-0.25, -0.2) is 16.8 Å². The molecule has 0 amide bonds. The van der Waals surface area contributed by atoms with Crippen LogP contribution in [0.2, 0.25) is 0 Å². The maximum Gasteiger partial charge on any atom is 0.243 e. The van der Waals surface area contributed by atoms with E-state index in [1.807, 2.05) is 0 Å². The first-order valence-corrected chi connectivity index (χ1v) is 12.1. The second-order valence-electron chi connectivity index (χ2n) is 7.30. The van der Waals surface area contributed by atoms with E-state index in [1.54, 1.807) is 4.31 Å². The molecule has 27 heavy (non-hydrogen) atoms. The molecular weight excluding hydrogens is 410 g/mol. The summed E-state index contributed by atoms with van der Waals surface area (Å²) in [5.74, 6) is 0. The third kappa shape index (κ3) is 3.77. The van der Waals surface area contributed by atoms with Crippen LogP contribution in [-0.4, -0.2) is 63.7 Å². The van der Waals surface area contributed by atoms with E-state index in [4.69, 9.17) is 0 Å². The number of rotatable bonds is 4. The van der Waals surface area contributed by atoms with Gasteiger partial charge < -0.3 is 5.32 Å². The molecule has 2 bridgehead atoms. The molecule has 152 valence electrons. The fourth-order valence-electron chi connectivity index (χ4n) is 4.33. The van der Waals surface area contributed by atoms with E-state index in [1.165, 1.54) is 28.6 Å². The molecule has 2 unspecified atom stereocenters. The van der Waals surface area contributed by atoms with E-state index < -0.39 is 20.0 Å². The van der Waals surface area contributed by atoms with Gasteiger partial charge in [0.15, 0.2) is 0 Å². The lowest BCUT2D eigenvalue weighted by atomic mass is 10.1. The van der Waals surface area contributed by atoms with Crippen molar-refractivity contribution in [3.8, 4) is 0 Å². The van der Waals surface area contributed by atoms with Gasteiger partial charge in [-0.05, 0) is 56.8 Å². The van der Waals surface area contributed by atoms with Crippen LogP contribution in [0.15, 0.2) is 34.1 Å². The minimum Gasteiger partial charge on any atom is -0.315 e. The summed E-state index contributed by atoms with van der Waals surface area (Å²) in [6, 6.07) is 5.82. The summed E-state index contributed by atoms with van der Waals surface area (Å²) in [7, 11) is -7.35. The van der Waals surface area contributed by atoms with Crippen LogP contribution in [0.3, 0.4) is 0 Å². The predicted octanol–water partition coefficient (Wildman–Crippen LogP) is 1.41. The Balaban J connectivity index is 0.00000210. The van der Waals surface area contributed by atoms with Gasteiger partial charge in [0.25, 0.3) is 0 Å². The molecule has 0 spiro atoms. The Hall–Kier alpha value is -0.710. The molecule has 0 radical (unpaired) electrons. The van der Waals surface area contributed by atoms with Gasteiger partial charge in [-0.15, -0.1) is 12.4 Å². The van der Waals surface area contributed by atoms with E-state index in [0.29, 0.717) is 19.6 Å². The summed E-state index contributed by atoms with van der Waals surface area (Å²) in [5, 5.41) is 3.30. The molecule has 3 aliphatic heterocycles. The first kappa shape index (κ1) is 21.0. The second kappa shape index (κ2) is 7.96. The first-order chi connectivity index (χ1) is 12.4. The maximum absolute atomic E-state index is 13.3. The normalized spacial score (nSPS) is 27.3. The third-order valence-electron chi connectivity index (χ3n) is 5.67. The van der Waals surface area contributed by atoms with E-state index in [9.17, 15) is 16.8 Å². The summed E-state index contributed by atoms with van der Waals surface area (Å²) in [4.78, 5) is 0.150. The van der Waals surface area contributed by atoms with Gasteiger partial charge in [0.05, 0.1) is 9.79 Å². The molecule has 0 aliphatic carbocycles. The highest BCUT2D eigenvalue weighted by Gasteiger charge is 2.43. The van der Waals surface area contributed by atoms with Gasteiger partial charge in [0.1, 0.15) is 0 Å². The smallest absolute Gasteiger partial charge is 0.243 e. The van der Waals surface area contributed by atoms with Gasteiger partial charge in [-0.2, -0.15) is 8.61 Å². The monoisotopic (exact) mass is 435 g/mol. The molecule has 7 nitrogen and oxygen atoms in total. The lowest BCUT2D eigenvalue weighted by molar-refractivity contribution is 0.334. The van der Waals surface area contributed by atoms with Crippen molar-refractivity contribution in [2.75, 3.05) is 26.2 Å². The maximum atomic E-state index is 13.3. The van der Waals surface area contributed by atoms with Crippen LogP contribution in [0.25, 0.3) is 0 Å². The fourth-order valence-corrected chi connectivity index (χ4v) is 7.91. The Kier molecular flexibility index (Phi) is 6.20. The number of sulfonamides is 2. The lowest BCUT2D eigenvalue weighted by Crippen LogP contribution is -2.42. The van der Waals surface area contributed by atoms with Gasteiger partial charge >= 0.3 is 0 Å². The molecule has 0 aromatic heterocycles. The summed E-state index contributed by atoms with van der Waals surface area (Å²) in [5.41, 5.74) is 0. The molecule has 2 atom stereocenters. The van der Waals surface area contributed by atoms with E-state index >= 15 is 0 Å². The lowest BCUT2D eigenvalue weighted by Gasteiger charge is -2.27. The van der Waals surface area contributed by atoms with Crippen molar-refractivity contribution in [3.05, 3.63) is 24.3 Å². The van der Waals surface area contributed by atoms with Gasteiger partial charge in [-0.1, -0.05) is 6.07 Å². The van der Waals surface area contributed by atoms with Crippen LogP contribution in [0.4, 0.5) is 0 Å². The molecule has 3 heterocycles. The molecule has 3 aliphatic rings. The Morgan fingerprint density at radius 2 is 1.52 bits per heavy atom. The van der Waals surface area contributed by atoms with Crippen LogP contribution < -0.4 is 5.32 Å². The Labute approximate surface area is 167 Å². The van der Waals surface area contributed by atoms with Crippen molar-refractivity contribution in [3.63, 3.8) is 0 Å². The molecule has 3 fully saturated rings. The average Bonchev–Trinajstić information content (AvgIpc) is 3.23. The molecule has 1 N–H and O–H groups in total. The summed E-state index contributed by atoms with van der Waals surface area (Å²) < 4.78 is 55.2. The SMILES string of the molecule is Cl.O=S(=O)(c1cccc(S(=O)(=O)N2C3CCNCC2CC3)c1)N1CCCC1. The minimum absolute atomic E-state index is 0. The fraction of sp³-hybridized carbons (Fsp3) is 0.647. The van der Waals surface area contributed by atoms with Gasteiger partial charge in [0.2, 0.25) is 20.0 Å². The van der Waals surface area contributed by atoms with Gasteiger partial charge in [-0.3, -0.25) is 0 Å². The van der Waals surface area contributed by atoms with Crippen molar-refractivity contribution in [2.24, 2.45) is 0 Å². The number of benzene rings is 1. The average molecular weight is 436 g/mol. The van der Waals surface area contributed by atoms with Crippen molar-refractivity contribution in [1.29, 1.82) is 0 Å². The zero-order valence-corrected chi connectivity index (χ0v) is 17.5. The van der Waals surface area contributed by atoms with Crippen LogP contribution in [-0.2, 0) is 20.0 Å². The highest BCUT2D eigenvalue weighted by molar-refractivity contribution is 7.90. The highest BCUT2D eigenvalue weighted by atomic mass is 35.5. The Morgan fingerprint density at radius 1 is 0.889 bits per heavy atom. The Morgan fingerprint density at radius 3 is 2.22 bits per heavy atom. The third-order valence-corrected chi connectivity index (χ3v) is 9.57. The zero-order chi connectivity index (χ0) is 18.4. The number of nitrogens with one attached hydrogen (secondary N) is 1. The van der Waals surface area contributed by atoms with E-state index in [2.05, 4.69) is 5.32 Å². The second-order valence-corrected chi connectivity index (χ2v) is 11.1. The molecular formula is C17H26ClN3O4S2. The van der Waals surface area contributed by atoms with Crippen LogP contribution in [0.1, 0.15) is 32.1 Å². The number of hydrogen-bond donors (Lipinski definition) is 1. The van der Waals surface area contributed by atoms with Gasteiger partial charge in [0, 0.05) is 31.7 Å². The minimum atomic E-state index is -3.72. The summed E-state index contributed by atoms with van der Waals surface area (Å²) >= 11 is 0. The molecule has 10 heteroatoms. The van der Waals surface area contributed by atoms with Crippen molar-refractivity contribution in [1.82, 2.24) is 13.9 Å². The van der Waals surface area contributed by atoms with Crippen molar-refractivity contribution in [2.45, 2.75) is 54.0 Å². The molecule has 1 aromatic rings. The van der Waals surface area contributed by atoms with Crippen LogP contribution in [0, 0.1) is 0 Å². The standard InChI is InChI=1S/C17H25N3O4S2.ClH/c21-25(22,19-10-1-2-11-19)16-4-3-5-17(12-16)26(23,24)20-14-6-7-15(20)13-18-9-8-14;/h3-5,12,14-15,18H,1-2,6-11,13H2;1H. The predicted molar refractivity (Wildman–Crippen MR) is 105 cm³/mol. The Bertz CT molecular complexity index is 871. The topological polar surface area (TPSA) is 86.8 Å². The zero-order valence-electron chi connectivity index (χ0n) is 15.1. The van der Waals surface area contributed by atoms with E-state index in [0.717, 1.165) is 38.6 Å². The van der Waals surface area contributed by atoms with Crippen molar-refractivity contribution >= 4 is 32.5 Å². The summed E-state index contributed by atoms with van der Waals surface area (Å²) in [6.45, 7) is 2.47.